The molecule has 0 saturated heterocycles. The highest BCUT2D eigenvalue weighted by Crippen LogP contribution is 2.02. The molecular formula is C14H29N3O2. The molecule has 0 aliphatic carbocycles. The van der Waals surface area contributed by atoms with Crippen molar-refractivity contribution in [3.8, 4) is 0 Å². The molecule has 2 amide bonds. The summed E-state index contributed by atoms with van der Waals surface area (Å²) in [7, 11) is 0. The summed E-state index contributed by atoms with van der Waals surface area (Å²) in [6.45, 7) is 8.49. The van der Waals surface area contributed by atoms with Crippen LogP contribution in [0, 0.1) is 5.92 Å². The van der Waals surface area contributed by atoms with Gasteiger partial charge in [0.15, 0.2) is 0 Å². The summed E-state index contributed by atoms with van der Waals surface area (Å²) < 4.78 is 0. The smallest absolute Gasteiger partial charge is 0.242 e. The van der Waals surface area contributed by atoms with E-state index in [4.69, 9.17) is 5.73 Å². The summed E-state index contributed by atoms with van der Waals surface area (Å²) in [6, 6.07) is -1.04. The van der Waals surface area contributed by atoms with Gasteiger partial charge in [0, 0.05) is 6.54 Å². The van der Waals surface area contributed by atoms with Gasteiger partial charge in [0.05, 0.1) is 6.04 Å². The first-order chi connectivity index (χ1) is 8.93. The van der Waals surface area contributed by atoms with Crippen LogP contribution in [-0.4, -0.2) is 30.4 Å². The van der Waals surface area contributed by atoms with E-state index in [9.17, 15) is 9.59 Å². The normalized spacial score (nSPS) is 14.0. The fraction of sp³-hybridized carbons (Fsp3) is 0.857. The molecule has 0 bridgehead atoms. The van der Waals surface area contributed by atoms with Crippen LogP contribution in [0.4, 0.5) is 0 Å². The Balaban J connectivity index is 4.38. The highest BCUT2D eigenvalue weighted by molar-refractivity contribution is 5.89. The van der Waals surface area contributed by atoms with E-state index >= 15 is 0 Å². The Morgan fingerprint density at radius 3 is 2.21 bits per heavy atom. The van der Waals surface area contributed by atoms with E-state index in [1.807, 2.05) is 20.8 Å². The fourth-order valence-corrected chi connectivity index (χ4v) is 1.64. The average molecular weight is 271 g/mol. The van der Waals surface area contributed by atoms with E-state index in [1.54, 1.807) is 0 Å². The van der Waals surface area contributed by atoms with Crippen molar-refractivity contribution in [1.82, 2.24) is 10.6 Å². The number of carbonyl (C=O) groups excluding carboxylic acids is 2. The van der Waals surface area contributed by atoms with E-state index < -0.39 is 12.1 Å². The molecule has 0 aromatic heterocycles. The van der Waals surface area contributed by atoms with E-state index in [1.165, 1.54) is 0 Å². The molecular weight excluding hydrogens is 242 g/mol. The van der Waals surface area contributed by atoms with Gasteiger partial charge in [-0.1, -0.05) is 40.5 Å². The predicted molar refractivity (Wildman–Crippen MR) is 77.6 cm³/mol. The second kappa shape index (κ2) is 9.78. The zero-order chi connectivity index (χ0) is 14.8. The molecule has 0 spiro atoms. The van der Waals surface area contributed by atoms with Crippen molar-refractivity contribution >= 4 is 11.8 Å². The SMILES string of the molecule is CCCCNC(=O)C(CCC)NC(=O)C(N)C(C)C. The van der Waals surface area contributed by atoms with E-state index in [-0.39, 0.29) is 17.7 Å². The van der Waals surface area contributed by atoms with Crippen molar-refractivity contribution in [2.45, 2.75) is 65.5 Å². The van der Waals surface area contributed by atoms with Crippen molar-refractivity contribution in [2.75, 3.05) is 6.54 Å². The van der Waals surface area contributed by atoms with Crippen LogP contribution in [-0.2, 0) is 9.59 Å². The van der Waals surface area contributed by atoms with Gasteiger partial charge in [0.2, 0.25) is 11.8 Å². The van der Waals surface area contributed by atoms with Gasteiger partial charge < -0.3 is 16.4 Å². The quantitative estimate of drug-likeness (QED) is 0.550. The predicted octanol–water partition coefficient (Wildman–Crippen LogP) is 1.17. The van der Waals surface area contributed by atoms with Gasteiger partial charge >= 0.3 is 0 Å². The van der Waals surface area contributed by atoms with Crippen molar-refractivity contribution in [3.05, 3.63) is 0 Å². The molecule has 0 saturated carbocycles. The van der Waals surface area contributed by atoms with Crippen molar-refractivity contribution in [2.24, 2.45) is 11.7 Å². The summed E-state index contributed by atoms with van der Waals surface area (Å²) in [5.41, 5.74) is 5.78. The second-order valence-corrected chi connectivity index (χ2v) is 5.26. The minimum absolute atomic E-state index is 0.0606. The molecule has 4 N–H and O–H groups in total. The third-order valence-corrected chi connectivity index (χ3v) is 3.06. The summed E-state index contributed by atoms with van der Waals surface area (Å²) in [5, 5.41) is 5.60. The van der Waals surface area contributed by atoms with Gasteiger partial charge in [-0.25, -0.2) is 0 Å². The Morgan fingerprint density at radius 2 is 1.74 bits per heavy atom. The van der Waals surface area contributed by atoms with Crippen LogP contribution in [0.5, 0.6) is 0 Å². The molecule has 19 heavy (non-hydrogen) atoms. The number of rotatable bonds is 9. The average Bonchev–Trinajstić information content (AvgIpc) is 2.37. The summed E-state index contributed by atoms with van der Waals surface area (Å²) in [5.74, 6) is -0.302. The first-order valence-electron chi connectivity index (χ1n) is 7.27. The van der Waals surface area contributed by atoms with Crippen molar-refractivity contribution in [1.29, 1.82) is 0 Å². The van der Waals surface area contributed by atoms with Crippen LogP contribution < -0.4 is 16.4 Å². The largest absolute Gasteiger partial charge is 0.354 e. The molecule has 2 unspecified atom stereocenters. The zero-order valence-corrected chi connectivity index (χ0v) is 12.7. The highest BCUT2D eigenvalue weighted by Gasteiger charge is 2.24. The van der Waals surface area contributed by atoms with Crippen molar-refractivity contribution < 1.29 is 9.59 Å². The van der Waals surface area contributed by atoms with E-state index in [0.29, 0.717) is 13.0 Å². The third-order valence-electron chi connectivity index (χ3n) is 3.06. The van der Waals surface area contributed by atoms with E-state index in [2.05, 4.69) is 17.6 Å². The molecule has 5 heteroatoms. The Labute approximate surface area is 116 Å². The lowest BCUT2D eigenvalue weighted by atomic mass is 10.0. The molecule has 112 valence electrons. The summed E-state index contributed by atoms with van der Waals surface area (Å²) in [4.78, 5) is 23.9. The molecule has 0 aliphatic heterocycles. The Bertz CT molecular complexity index is 280. The van der Waals surface area contributed by atoms with E-state index in [0.717, 1.165) is 19.3 Å². The van der Waals surface area contributed by atoms with Gasteiger partial charge in [-0.3, -0.25) is 9.59 Å². The molecule has 0 fully saturated rings. The zero-order valence-electron chi connectivity index (χ0n) is 12.7. The maximum Gasteiger partial charge on any atom is 0.242 e. The Morgan fingerprint density at radius 1 is 1.11 bits per heavy atom. The lowest BCUT2D eigenvalue weighted by Gasteiger charge is -2.21. The molecule has 5 nitrogen and oxygen atoms in total. The second-order valence-electron chi connectivity index (χ2n) is 5.26. The first kappa shape index (κ1) is 17.9. The summed E-state index contributed by atoms with van der Waals surface area (Å²) in [6.07, 6.45) is 3.45. The molecule has 0 aliphatic rings. The minimum Gasteiger partial charge on any atom is -0.354 e. The molecule has 0 rings (SSSR count). The van der Waals surface area contributed by atoms with Crippen LogP contribution >= 0.6 is 0 Å². The molecule has 2 atom stereocenters. The van der Waals surface area contributed by atoms with Gasteiger partial charge in [-0.2, -0.15) is 0 Å². The fourth-order valence-electron chi connectivity index (χ4n) is 1.64. The maximum atomic E-state index is 12.0. The van der Waals surface area contributed by atoms with Crippen LogP contribution in [0.15, 0.2) is 0 Å². The molecule has 0 radical (unpaired) electrons. The Kier molecular flexibility index (Phi) is 9.21. The lowest BCUT2D eigenvalue weighted by molar-refractivity contribution is -0.130. The van der Waals surface area contributed by atoms with Crippen LogP contribution in [0.25, 0.3) is 0 Å². The maximum absolute atomic E-state index is 12.0. The van der Waals surface area contributed by atoms with Gasteiger partial charge in [0.1, 0.15) is 6.04 Å². The Hall–Kier alpha value is -1.10. The number of nitrogens with one attached hydrogen (secondary N) is 2. The minimum atomic E-state index is -0.567. The van der Waals surface area contributed by atoms with Gasteiger partial charge in [-0.05, 0) is 18.8 Å². The van der Waals surface area contributed by atoms with Crippen molar-refractivity contribution in [3.63, 3.8) is 0 Å². The van der Waals surface area contributed by atoms with Gasteiger partial charge in [-0.15, -0.1) is 0 Å². The standard InChI is InChI=1S/C14H29N3O2/c1-5-7-9-16-13(18)11(8-6-2)17-14(19)12(15)10(3)4/h10-12H,5-9,15H2,1-4H3,(H,16,18)(H,17,19). The molecule has 0 heterocycles. The van der Waals surface area contributed by atoms with Crippen LogP contribution in [0.3, 0.4) is 0 Å². The first-order valence-corrected chi connectivity index (χ1v) is 7.27. The van der Waals surface area contributed by atoms with Crippen LogP contribution in [0.1, 0.15) is 53.4 Å². The summed E-state index contributed by atoms with van der Waals surface area (Å²) >= 11 is 0. The topological polar surface area (TPSA) is 84.2 Å². The number of nitrogens with two attached hydrogens (primary N) is 1. The molecule has 0 aromatic carbocycles. The number of hydrogen-bond donors (Lipinski definition) is 3. The van der Waals surface area contributed by atoms with Crippen LogP contribution in [0.2, 0.25) is 0 Å². The monoisotopic (exact) mass is 271 g/mol. The molecule has 0 aromatic rings. The van der Waals surface area contributed by atoms with Gasteiger partial charge in [0.25, 0.3) is 0 Å². The number of hydrogen-bond acceptors (Lipinski definition) is 3. The number of carbonyl (C=O) groups is 2. The lowest BCUT2D eigenvalue weighted by Crippen LogP contribution is -2.53. The highest BCUT2D eigenvalue weighted by atomic mass is 16.2. The number of unbranched alkanes of at least 4 members (excludes halogenated alkanes) is 1. The third kappa shape index (κ3) is 7.15. The number of amides is 2.